The standard InChI is InChI=1S/C20H25N5O2/c1-3-11-24(14-18-21-10-13-23(18)2)19(26)9-6-12-25-15-22-17-8-5-4-7-16(17)20(25)27/h4-5,7-8,10,13,15H,3,6,9,11-12,14H2,1-2H3. The number of fused-ring (bicyclic) bond motifs is 1. The molecule has 0 aliphatic carbocycles. The molecule has 0 atom stereocenters. The SMILES string of the molecule is CCCN(Cc1nccn1C)C(=O)CCCn1cnc2ccccc2c1=O. The summed E-state index contributed by atoms with van der Waals surface area (Å²) in [5.74, 6) is 0.952. The quantitative estimate of drug-likeness (QED) is 0.613. The molecule has 0 aliphatic rings. The topological polar surface area (TPSA) is 73.0 Å². The molecular formula is C20H25N5O2. The number of carbonyl (C=O) groups excluding carboxylic acids is 1. The molecule has 27 heavy (non-hydrogen) atoms. The minimum Gasteiger partial charge on any atom is -0.337 e. The van der Waals surface area contributed by atoms with Gasteiger partial charge >= 0.3 is 0 Å². The van der Waals surface area contributed by atoms with Gasteiger partial charge in [-0.3, -0.25) is 14.2 Å². The lowest BCUT2D eigenvalue weighted by atomic mass is 10.2. The van der Waals surface area contributed by atoms with Crippen LogP contribution in [0.3, 0.4) is 0 Å². The third-order valence-corrected chi connectivity index (χ3v) is 4.62. The highest BCUT2D eigenvalue weighted by Gasteiger charge is 2.15. The third-order valence-electron chi connectivity index (χ3n) is 4.62. The van der Waals surface area contributed by atoms with E-state index in [-0.39, 0.29) is 11.5 Å². The normalized spacial score (nSPS) is 11.0. The molecule has 0 unspecified atom stereocenters. The average Bonchev–Trinajstić information content (AvgIpc) is 3.08. The smallest absolute Gasteiger partial charge is 0.261 e. The van der Waals surface area contributed by atoms with Crippen molar-refractivity contribution < 1.29 is 4.79 Å². The molecule has 0 bridgehead atoms. The Hall–Kier alpha value is -2.96. The molecule has 2 heterocycles. The van der Waals surface area contributed by atoms with Crippen molar-refractivity contribution in [3.63, 3.8) is 0 Å². The summed E-state index contributed by atoms with van der Waals surface area (Å²) in [5, 5.41) is 0.605. The highest BCUT2D eigenvalue weighted by Crippen LogP contribution is 2.08. The van der Waals surface area contributed by atoms with Crippen molar-refractivity contribution in [3.05, 3.63) is 59.2 Å². The maximum absolute atomic E-state index is 12.6. The summed E-state index contributed by atoms with van der Waals surface area (Å²) in [6, 6.07) is 7.30. The number of hydrogen-bond donors (Lipinski definition) is 0. The monoisotopic (exact) mass is 367 g/mol. The second kappa shape index (κ2) is 8.62. The summed E-state index contributed by atoms with van der Waals surface area (Å²) in [7, 11) is 1.93. The van der Waals surface area contributed by atoms with Crippen molar-refractivity contribution >= 4 is 16.8 Å². The minimum absolute atomic E-state index is 0.0635. The van der Waals surface area contributed by atoms with Crippen LogP contribution in [-0.4, -0.2) is 36.5 Å². The predicted molar refractivity (Wildman–Crippen MR) is 104 cm³/mol. The van der Waals surface area contributed by atoms with Crippen molar-refractivity contribution in [1.29, 1.82) is 0 Å². The van der Waals surface area contributed by atoms with Gasteiger partial charge < -0.3 is 9.47 Å². The number of aryl methyl sites for hydroxylation is 2. The lowest BCUT2D eigenvalue weighted by Gasteiger charge is -2.22. The Kier molecular flexibility index (Phi) is 6.01. The van der Waals surface area contributed by atoms with Gasteiger partial charge in [0.15, 0.2) is 0 Å². The Morgan fingerprint density at radius 3 is 2.78 bits per heavy atom. The van der Waals surface area contributed by atoms with Crippen molar-refractivity contribution in [2.24, 2.45) is 7.05 Å². The zero-order valence-corrected chi connectivity index (χ0v) is 15.8. The van der Waals surface area contributed by atoms with Gasteiger partial charge in [-0.1, -0.05) is 19.1 Å². The summed E-state index contributed by atoms with van der Waals surface area (Å²) < 4.78 is 3.51. The fourth-order valence-corrected chi connectivity index (χ4v) is 3.11. The first-order valence-electron chi connectivity index (χ1n) is 9.28. The van der Waals surface area contributed by atoms with Gasteiger partial charge in [0.2, 0.25) is 5.91 Å². The van der Waals surface area contributed by atoms with Crippen molar-refractivity contribution in [2.45, 2.75) is 39.3 Å². The number of imidazole rings is 1. The minimum atomic E-state index is -0.0635. The van der Waals surface area contributed by atoms with E-state index in [2.05, 4.69) is 16.9 Å². The van der Waals surface area contributed by atoms with E-state index >= 15 is 0 Å². The molecule has 1 amide bonds. The zero-order valence-electron chi connectivity index (χ0n) is 15.8. The van der Waals surface area contributed by atoms with Crippen LogP contribution in [0, 0.1) is 0 Å². The molecule has 0 fully saturated rings. The molecule has 3 rings (SSSR count). The Morgan fingerprint density at radius 1 is 1.22 bits per heavy atom. The van der Waals surface area contributed by atoms with Gasteiger partial charge in [0, 0.05) is 39.0 Å². The second-order valence-electron chi connectivity index (χ2n) is 6.63. The van der Waals surface area contributed by atoms with E-state index in [1.54, 1.807) is 23.2 Å². The summed E-state index contributed by atoms with van der Waals surface area (Å²) >= 11 is 0. The van der Waals surface area contributed by atoms with Crippen LogP contribution >= 0.6 is 0 Å². The average molecular weight is 367 g/mol. The molecule has 1 aromatic carbocycles. The highest BCUT2D eigenvalue weighted by molar-refractivity contribution is 5.77. The fraction of sp³-hybridized carbons (Fsp3) is 0.400. The number of benzene rings is 1. The molecule has 0 saturated carbocycles. The van der Waals surface area contributed by atoms with Gasteiger partial charge in [-0.05, 0) is 25.0 Å². The van der Waals surface area contributed by atoms with Crippen molar-refractivity contribution in [1.82, 2.24) is 24.0 Å². The summed E-state index contributed by atoms with van der Waals surface area (Å²) in [5.41, 5.74) is 0.630. The second-order valence-corrected chi connectivity index (χ2v) is 6.63. The zero-order chi connectivity index (χ0) is 19.2. The molecule has 7 nitrogen and oxygen atoms in total. The summed E-state index contributed by atoms with van der Waals surface area (Å²) in [6.07, 6.45) is 7.06. The van der Waals surface area contributed by atoms with Crippen LogP contribution in [0.2, 0.25) is 0 Å². The Morgan fingerprint density at radius 2 is 2.04 bits per heavy atom. The van der Waals surface area contributed by atoms with Gasteiger partial charge in [0.25, 0.3) is 5.56 Å². The first-order valence-corrected chi connectivity index (χ1v) is 9.28. The van der Waals surface area contributed by atoms with E-state index in [0.29, 0.717) is 43.4 Å². The number of hydrogen-bond acceptors (Lipinski definition) is 4. The van der Waals surface area contributed by atoms with Crippen LogP contribution in [0.1, 0.15) is 32.0 Å². The largest absolute Gasteiger partial charge is 0.337 e. The van der Waals surface area contributed by atoms with Crippen LogP contribution in [-0.2, 0) is 24.9 Å². The first kappa shape index (κ1) is 18.8. The van der Waals surface area contributed by atoms with E-state index in [9.17, 15) is 9.59 Å². The number of para-hydroxylation sites is 1. The third kappa shape index (κ3) is 4.42. The fourth-order valence-electron chi connectivity index (χ4n) is 3.11. The van der Waals surface area contributed by atoms with Crippen molar-refractivity contribution in [2.75, 3.05) is 6.54 Å². The van der Waals surface area contributed by atoms with Gasteiger partial charge in [-0.25, -0.2) is 9.97 Å². The molecule has 0 spiro atoms. The van der Waals surface area contributed by atoms with E-state index in [0.717, 1.165) is 12.2 Å². The van der Waals surface area contributed by atoms with E-state index in [4.69, 9.17) is 0 Å². The molecule has 3 aromatic rings. The van der Waals surface area contributed by atoms with Gasteiger partial charge in [0.05, 0.1) is 23.8 Å². The number of aromatic nitrogens is 4. The Labute approximate surface area is 158 Å². The van der Waals surface area contributed by atoms with E-state index in [1.165, 1.54) is 0 Å². The maximum Gasteiger partial charge on any atom is 0.261 e. The molecule has 0 radical (unpaired) electrons. The Bertz CT molecular complexity index is 976. The highest BCUT2D eigenvalue weighted by atomic mass is 16.2. The molecule has 0 N–H and O–H groups in total. The van der Waals surface area contributed by atoms with E-state index < -0.39 is 0 Å². The summed E-state index contributed by atoms with van der Waals surface area (Å²) in [6.45, 7) is 3.74. The number of rotatable bonds is 8. The maximum atomic E-state index is 12.6. The first-order chi connectivity index (χ1) is 13.1. The number of amides is 1. The van der Waals surface area contributed by atoms with Gasteiger partial charge in [-0.15, -0.1) is 0 Å². The molecular weight excluding hydrogens is 342 g/mol. The van der Waals surface area contributed by atoms with Crippen molar-refractivity contribution in [3.8, 4) is 0 Å². The van der Waals surface area contributed by atoms with Crippen LogP contribution in [0.15, 0.2) is 47.8 Å². The Balaban J connectivity index is 1.61. The van der Waals surface area contributed by atoms with E-state index in [1.807, 2.05) is 40.9 Å². The lowest BCUT2D eigenvalue weighted by molar-refractivity contribution is -0.132. The number of nitrogens with zero attached hydrogens (tertiary/aromatic N) is 5. The molecule has 142 valence electrons. The molecule has 2 aromatic heterocycles. The van der Waals surface area contributed by atoms with Crippen LogP contribution < -0.4 is 5.56 Å². The van der Waals surface area contributed by atoms with Crippen LogP contribution in [0.4, 0.5) is 0 Å². The van der Waals surface area contributed by atoms with Crippen LogP contribution in [0.5, 0.6) is 0 Å². The molecule has 0 saturated heterocycles. The molecule has 0 aliphatic heterocycles. The molecule has 7 heteroatoms. The predicted octanol–water partition coefficient (Wildman–Crippen LogP) is 2.35. The number of carbonyl (C=O) groups is 1. The lowest BCUT2D eigenvalue weighted by Crippen LogP contribution is -2.32. The summed E-state index contributed by atoms with van der Waals surface area (Å²) in [4.78, 5) is 35.6. The van der Waals surface area contributed by atoms with Gasteiger partial charge in [0.1, 0.15) is 5.82 Å². The van der Waals surface area contributed by atoms with Gasteiger partial charge in [-0.2, -0.15) is 0 Å². The van der Waals surface area contributed by atoms with Crippen LogP contribution in [0.25, 0.3) is 10.9 Å².